The average Bonchev–Trinajstić information content (AvgIpc) is 2.32. The molecule has 1 aromatic carbocycles. The molecular weight excluding hydrogens is 213 g/mol. The third kappa shape index (κ3) is 5.83. The molecule has 0 amide bonds. The lowest BCUT2D eigenvalue weighted by atomic mass is 10.1. The van der Waals surface area contributed by atoms with Gasteiger partial charge in [0, 0.05) is 6.04 Å². The summed E-state index contributed by atoms with van der Waals surface area (Å²) in [6, 6.07) is 7.44. The molecule has 0 saturated heterocycles. The van der Waals surface area contributed by atoms with E-state index in [2.05, 4.69) is 19.2 Å². The summed E-state index contributed by atoms with van der Waals surface area (Å²) >= 11 is 0. The first-order valence-electron chi connectivity index (χ1n) is 6.74. The van der Waals surface area contributed by atoms with Gasteiger partial charge in [0.05, 0.1) is 0 Å². The van der Waals surface area contributed by atoms with E-state index in [0.29, 0.717) is 6.04 Å². The lowest BCUT2D eigenvalue weighted by molar-refractivity contribution is 0.447. The van der Waals surface area contributed by atoms with Crippen LogP contribution in [0.4, 0.5) is 4.39 Å². The zero-order chi connectivity index (χ0) is 12.5. The van der Waals surface area contributed by atoms with Crippen molar-refractivity contribution in [2.45, 2.75) is 52.0 Å². The molecule has 0 aliphatic rings. The summed E-state index contributed by atoms with van der Waals surface area (Å²) in [6.07, 6.45) is 5.93. The van der Waals surface area contributed by atoms with Gasteiger partial charge < -0.3 is 5.32 Å². The first kappa shape index (κ1) is 14.2. The highest BCUT2D eigenvalue weighted by Crippen LogP contribution is 2.06. The van der Waals surface area contributed by atoms with Gasteiger partial charge in [-0.25, -0.2) is 4.39 Å². The van der Waals surface area contributed by atoms with Crippen molar-refractivity contribution in [2.75, 3.05) is 6.54 Å². The van der Waals surface area contributed by atoms with Crippen LogP contribution in [-0.2, 0) is 6.42 Å². The maximum absolute atomic E-state index is 12.7. The molecule has 0 aromatic heterocycles. The highest BCUT2D eigenvalue weighted by molar-refractivity contribution is 5.16. The molecule has 0 atom stereocenters. The van der Waals surface area contributed by atoms with E-state index in [-0.39, 0.29) is 5.82 Å². The summed E-state index contributed by atoms with van der Waals surface area (Å²) in [5, 5.41) is 3.59. The standard InChI is InChI=1S/C15H24FN/c1-3-5-15(6-4-2)17-12-11-13-7-9-14(16)10-8-13/h7-10,15,17H,3-6,11-12H2,1-2H3. The molecule has 17 heavy (non-hydrogen) atoms. The Morgan fingerprint density at radius 3 is 2.18 bits per heavy atom. The van der Waals surface area contributed by atoms with E-state index in [9.17, 15) is 4.39 Å². The van der Waals surface area contributed by atoms with E-state index in [1.807, 2.05) is 12.1 Å². The van der Waals surface area contributed by atoms with Crippen LogP contribution in [0.2, 0.25) is 0 Å². The number of benzene rings is 1. The molecule has 96 valence electrons. The quantitative estimate of drug-likeness (QED) is 0.722. The average molecular weight is 237 g/mol. The van der Waals surface area contributed by atoms with Crippen molar-refractivity contribution in [3.05, 3.63) is 35.6 Å². The van der Waals surface area contributed by atoms with Crippen molar-refractivity contribution < 1.29 is 4.39 Å². The van der Waals surface area contributed by atoms with E-state index >= 15 is 0 Å². The minimum absolute atomic E-state index is 0.156. The monoisotopic (exact) mass is 237 g/mol. The Bertz CT molecular complexity index is 288. The highest BCUT2D eigenvalue weighted by Gasteiger charge is 2.05. The molecule has 0 radical (unpaired) electrons. The fourth-order valence-corrected chi connectivity index (χ4v) is 2.12. The Kier molecular flexibility index (Phi) is 6.87. The maximum atomic E-state index is 12.7. The number of halogens is 1. The van der Waals surface area contributed by atoms with Gasteiger partial charge in [-0.3, -0.25) is 0 Å². The third-order valence-electron chi connectivity index (χ3n) is 3.03. The lowest BCUT2D eigenvalue weighted by Crippen LogP contribution is -2.30. The van der Waals surface area contributed by atoms with Crippen molar-refractivity contribution in [3.8, 4) is 0 Å². The summed E-state index contributed by atoms with van der Waals surface area (Å²) in [7, 11) is 0. The van der Waals surface area contributed by atoms with Crippen molar-refractivity contribution in [1.82, 2.24) is 5.32 Å². The van der Waals surface area contributed by atoms with Crippen LogP contribution in [0, 0.1) is 5.82 Å². The Morgan fingerprint density at radius 2 is 1.65 bits per heavy atom. The van der Waals surface area contributed by atoms with Crippen molar-refractivity contribution >= 4 is 0 Å². The van der Waals surface area contributed by atoms with Gasteiger partial charge in [0.1, 0.15) is 5.82 Å². The molecule has 0 aliphatic heterocycles. The summed E-state index contributed by atoms with van der Waals surface area (Å²) in [6.45, 7) is 5.44. The molecule has 0 saturated carbocycles. The van der Waals surface area contributed by atoms with Gasteiger partial charge in [-0.05, 0) is 43.5 Å². The van der Waals surface area contributed by atoms with Crippen LogP contribution in [0.1, 0.15) is 45.1 Å². The Hall–Kier alpha value is -0.890. The van der Waals surface area contributed by atoms with Crippen molar-refractivity contribution in [1.29, 1.82) is 0 Å². The molecule has 1 N–H and O–H groups in total. The van der Waals surface area contributed by atoms with E-state index in [1.54, 1.807) is 0 Å². The van der Waals surface area contributed by atoms with Crippen LogP contribution in [-0.4, -0.2) is 12.6 Å². The van der Waals surface area contributed by atoms with Crippen molar-refractivity contribution in [3.63, 3.8) is 0 Å². The molecule has 0 fully saturated rings. The second-order valence-electron chi connectivity index (χ2n) is 4.60. The second-order valence-corrected chi connectivity index (χ2v) is 4.60. The molecule has 2 heteroatoms. The molecular formula is C15H24FN. The van der Waals surface area contributed by atoms with E-state index in [0.717, 1.165) is 13.0 Å². The summed E-state index contributed by atoms with van der Waals surface area (Å²) in [5.74, 6) is -0.156. The molecule has 0 bridgehead atoms. The van der Waals surface area contributed by atoms with Gasteiger partial charge in [0.15, 0.2) is 0 Å². The van der Waals surface area contributed by atoms with Crippen LogP contribution < -0.4 is 5.32 Å². The Labute approximate surface area is 104 Å². The Morgan fingerprint density at radius 1 is 1.06 bits per heavy atom. The Balaban J connectivity index is 2.27. The third-order valence-corrected chi connectivity index (χ3v) is 3.03. The molecule has 0 unspecified atom stereocenters. The SMILES string of the molecule is CCCC(CCC)NCCc1ccc(F)cc1. The first-order chi connectivity index (χ1) is 8.26. The smallest absolute Gasteiger partial charge is 0.123 e. The molecule has 0 aliphatic carbocycles. The van der Waals surface area contributed by atoms with Gasteiger partial charge in [-0.15, -0.1) is 0 Å². The summed E-state index contributed by atoms with van der Waals surface area (Å²) in [4.78, 5) is 0. The molecule has 1 rings (SSSR count). The number of hydrogen-bond donors (Lipinski definition) is 1. The summed E-state index contributed by atoms with van der Waals surface area (Å²) < 4.78 is 12.7. The minimum Gasteiger partial charge on any atom is -0.314 e. The predicted molar refractivity (Wildman–Crippen MR) is 71.7 cm³/mol. The minimum atomic E-state index is -0.156. The van der Waals surface area contributed by atoms with E-state index in [1.165, 1.54) is 43.4 Å². The maximum Gasteiger partial charge on any atom is 0.123 e. The van der Waals surface area contributed by atoms with Gasteiger partial charge in [0.25, 0.3) is 0 Å². The molecule has 0 heterocycles. The van der Waals surface area contributed by atoms with Crippen LogP contribution in [0.3, 0.4) is 0 Å². The van der Waals surface area contributed by atoms with Crippen LogP contribution in [0.5, 0.6) is 0 Å². The molecule has 1 nitrogen and oxygen atoms in total. The zero-order valence-electron chi connectivity index (χ0n) is 11.0. The fourth-order valence-electron chi connectivity index (χ4n) is 2.12. The van der Waals surface area contributed by atoms with Gasteiger partial charge in [-0.1, -0.05) is 38.8 Å². The van der Waals surface area contributed by atoms with E-state index < -0.39 is 0 Å². The molecule has 0 spiro atoms. The fraction of sp³-hybridized carbons (Fsp3) is 0.600. The van der Waals surface area contributed by atoms with Crippen molar-refractivity contribution in [2.24, 2.45) is 0 Å². The topological polar surface area (TPSA) is 12.0 Å². The molecule has 1 aromatic rings. The normalized spacial score (nSPS) is 11.1. The lowest BCUT2D eigenvalue weighted by Gasteiger charge is -2.17. The van der Waals surface area contributed by atoms with Crippen LogP contribution in [0.25, 0.3) is 0 Å². The first-order valence-corrected chi connectivity index (χ1v) is 6.74. The number of rotatable bonds is 8. The zero-order valence-corrected chi connectivity index (χ0v) is 11.0. The van der Waals surface area contributed by atoms with E-state index in [4.69, 9.17) is 0 Å². The second kappa shape index (κ2) is 8.24. The largest absolute Gasteiger partial charge is 0.314 e. The highest BCUT2D eigenvalue weighted by atomic mass is 19.1. The van der Waals surface area contributed by atoms with Gasteiger partial charge in [0.2, 0.25) is 0 Å². The predicted octanol–water partition coefficient (Wildman–Crippen LogP) is 3.93. The number of nitrogens with one attached hydrogen (secondary N) is 1. The number of hydrogen-bond acceptors (Lipinski definition) is 1. The summed E-state index contributed by atoms with van der Waals surface area (Å²) in [5.41, 5.74) is 1.20. The van der Waals surface area contributed by atoms with Crippen LogP contribution >= 0.6 is 0 Å². The van der Waals surface area contributed by atoms with Crippen LogP contribution in [0.15, 0.2) is 24.3 Å². The van der Waals surface area contributed by atoms with Gasteiger partial charge in [-0.2, -0.15) is 0 Å². The van der Waals surface area contributed by atoms with Gasteiger partial charge >= 0.3 is 0 Å².